The molecule has 1 heterocycles. The van der Waals surface area contributed by atoms with Gasteiger partial charge < -0.3 is 11.1 Å². The summed E-state index contributed by atoms with van der Waals surface area (Å²) in [7, 11) is 0. The van der Waals surface area contributed by atoms with Crippen molar-refractivity contribution in [2.24, 2.45) is 11.7 Å². The molecule has 0 bridgehead atoms. The van der Waals surface area contributed by atoms with Crippen LogP contribution in [0.3, 0.4) is 0 Å². The van der Waals surface area contributed by atoms with E-state index in [9.17, 15) is 9.59 Å². The molecule has 0 fully saturated rings. The number of terminal acetylenes is 1. The molecular formula is C15H18N2O2S. The van der Waals surface area contributed by atoms with Gasteiger partial charge in [0.25, 0.3) is 5.91 Å². The third-order valence-electron chi connectivity index (χ3n) is 3.51. The maximum atomic E-state index is 11.8. The van der Waals surface area contributed by atoms with Gasteiger partial charge in [0.05, 0.1) is 5.56 Å². The van der Waals surface area contributed by atoms with Gasteiger partial charge in [0, 0.05) is 17.7 Å². The SMILES string of the molecule is C#CCCC(=O)Nc1sc2c(c1C(N)=O)CCC(C)C2. The minimum absolute atomic E-state index is 0.169. The van der Waals surface area contributed by atoms with E-state index in [4.69, 9.17) is 12.2 Å². The van der Waals surface area contributed by atoms with Gasteiger partial charge in [-0.2, -0.15) is 0 Å². The molecule has 1 unspecified atom stereocenters. The van der Waals surface area contributed by atoms with Crippen molar-refractivity contribution in [1.29, 1.82) is 0 Å². The minimum Gasteiger partial charge on any atom is -0.365 e. The second-order valence-corrected chi connectivity index (χ2v) is 6.28. The lowest BCUT2D eigenvalue weighted by Crippen LogP contribution is -2.19. The van der Waals surface area contributed by atoms with Gasteiger partial charge in [-0.05, 0) is 30.7 Å². The normalized spacial score (nSPS) is 17.1. The quantitative estimate of drug-likeness (QED) is 0.835. The van der Waals surface area contributed by atoms with Gasteiger partial charge >= 0.3 is 0 Å². The van der Waals surface area contributed by atoms with Crippen LogP contribution < -0.4 is 11.1 Å². The predicted molar refractivity (Wildman–Crippen MR) is 80.7 cm³/mol. The maximum absolute atomic E-state index is 11.8. The number of amides is 2. The van der Waals surface area contributed by atoms with Crippen LogP contribution in [0.5, 0.6) is 0 Å². The number of carbonyl (C=O) groups excluding carboxylic acids is 2. The first-order chi connectivity index (χ1) is 9.52. The lowest BCUT2D eigenvalue weighted by atomic mass is 9.88. The number of hydrogen-bond acceptors (Lipinski definition) is 3. The van der Waals surface area contributed by atoms with Crippen LogP contribution in [0.2, 0.25) is 0 Å². The molecule has 106 valence electrons. The topological polar surface area (TPSA) is 72.2 Å². The van der Waals surface area contributed by atoms with Crippen molar-refractivity contribution in [3.63, 3.8) is 0 Å². The highest BCUT2D eigenvalue weighted by Gasteiger charge is 2.27. The molecule has 1 aromatic rings. The Labute approximate surface area is 122 Å². The van der Waals surface area contributed by atoms with E-state index in [1.807, 2.05) is 0 Å². The van der Waals surface area contributed by atoms with Crippen molar-refractivity contribution in [2.45, 2.75) is 39.0 Å². The van der Waals surface area contributed by atoms with E-state index in [-0.39, 0.29) is 12.3 Å². The van der Waals surface area contributed by atoms with E-state index in [1.165, 1.54) is 16.2 Å². The van der Waals surface area contributed by atoms with Gasteiger partial charge in [0.2, 0.25) is 5.91 Å². The van der Waals surface area contributed by atoms with Crippen LogP contribution >= 0.6 is 11.3 Å². The summed E-state index contributed by atoms with van der Waals surface area (Å²) in [6.45, 7) is 2.19. The van der Waals surface area contributed by atoms with Crippen LogP contribution in [-0.2, 0) is 17.6 Å². The van der Waals surface area contributed by atoms with Crippen molar-refractivity contribution in [1.82, 2.24) is 0 Å². The number of fused-ring (bicyclic) bond motifs is 1. The number of nitrogens with one attached hydrogen (secondary N) is 1. The molecule has 0 aliphatic heterocycles. The van der Waals surface area contributed by atoms with Gasteiger partial charge in [-0.25, -0.2) is 0 Å². The Kier molecular flexibility index (Phi) is 4.46. The van der Waals surface area contributed by atoms with Crippen LogP contribution in [0.1, 0.15) is 47.0 Å². The van der Waals surface area contributed by atoms with Crippen molar-refractivity contribution in [3.05, 3.63) is 16.0 Å². The second kappa shape index (κ2) is 6.10. The number of rotatable bonds is 4. The Morgan fingerprint density at radius 2 is 2.30 bits per heavy atom. The van der Waals surface area contributed by atoms with Gasteiger partial charge in [-0.1, -0.05) is 6.92 Å². The van der Waals surface area contributed by atoms with Gasteiger partial charge in [0.15, 0.2) is 0 Å². The number of nitrogens with two attached hydrogens (primary N) is 1. The van der Waals surface area contributed by atoms with Crippen LogP contribution in [-0.4, -0.2) is 11.8 Å². The summed E-state index contributed by atoms with van der Waals surface area (Å²) in [6, 6.07) is 0. The molecule has 1 aromatic heterocycles. The molecule has 3 N–H and O–H groups in total. The smallest absolute Gasteiger partial charge is 0.251 e. The van der Waals surface area contributed by atoms with Crippen LogP contribution in [0.25, 0.3) is 0 Å². The Balaban J connectivity index is 2.27. The summed E-state index contributed by atoms with van der Waals surface area (Å²) in [5.41, 5.74) is 6.99. The standard InChI is InChI=1S/C15H18N2O2S/c1-3-4-5-12(18)17-15-13(14(16)19)10-7-6-9(2)8-11(10)20-15/h1,9H,4-8H2,2H3,(H2,16,19)(H,17,18). The first kappa shape index (κ1) is 14.6. The molecule has 0 aromatic carbocycles. The molecule has 2 rings (SSSR count). The van der Waals surface area contributed by atoms with Crippen LogP contribution in [0.15, 0.2) is 0 Å². The van der Waals surface area contributed by atoms with Crippen LogP contribution in [0, 0.1) is 18.3 Å². The zero-order chi connectivity index (χ0) is 14.7. The Morgan fingerprint density at radius 1 is 1.55 bits per heavy atom. The highest BCUT2D eigenvalue weighted by Crippen LogP contribution is 2.39. The summed E-state index contributed by atoms with van der Waals surface area (Å²) in [6.07, 6.45) is 8.64. The monoisotopic (exact) mass is 290 g/mol. The fourth-order valence-corrected chi connectivity index (χ4v) is 3.91. The maximum Gasteiger partial charge on any atom is 0.251 e. The number of primary amides is 1. The van der Waals surface area contributed by atoms with Crippen molar-refractivity contribution in [2.75, 3.05) is 5.32 Å². The summed E-state index contributed by atoms with van der Waals surface area (Å²) in [5, 5.41) is 3.36. The third-order valence-corrected chi connectivity index (χ3v) is 4.68. The summed E-state index contributed by atoms with van der Waals surface area (Å²) >= 11 is 1.47. The molecular weight excluding hydrogens is 272 g/mol. The fraction of sp³-hybridized carbons (Fsp3) is 0.467. The van der Waals surface area contributed by atoms with Gasteiger partial charge in [-0.15, -0.1) is 23.7 Å². The molecule has 0 saturated carbocycles. The Morgan fingerprint density at radius 3 is 2.95 bits per heavy atom. The summed E-state index contributed by atoms with van der Waals surface area (Å²) in [4.78, 5) is 24.6. The third kappa shape index (κ3) is 3.02. The van der Waals surface area contributed by atoms with Gasteiger partial charge in [0.1, 0.15) is 5.00 Å². The number of thiophene rings is 1. The molecule has 0 spiro atoms. The lowest BCUT2D eigenvalue weighted by Gasteiger charge is -2.18. The highest BCUT2D eigenvalue weighted by molar-refractivity contribution is 7.17. The van der Waals surface area contributed by atoms with E-state index in [0.717, 1.165) is 24.8 Å². The van der Waals surface area contributed by atoms with E-state index < -0.39 is 5.91 Å². The molecule has 2 amide bonds. The first-order valence-corrected chi connectivity index (χ1v) is 7.52. The molecule has 20 heavy (non-hydrogen) atoms. The molecule has 1 aliphatic carbocycles. The van der Waals surface area contributed by atoms with E-state index in [1.54, 1.807) is 0 Å². The average molecular weight is 290 g/mol. The van der Waals surface area contributed by atoms with Crippen molar-refractivity contribution >= 4 is 28.2 Å². The number of anilines is 1. The predicted octanol–water partition coefficient (Wildman–Crippen LogP) is 2.32. The molecule has 1 aliphatic rings. The average Bonchev–Trinajstić information content (AvgIpc) is 2.73. The lowest BCUT2D eigenvalue weighted by molar-refractivity contribution is -0.116. The number of hydrogen-bond donors (Lipinski definition) is 2. The largest absolute Gasteiger partial charge is 0.365 e. The Bertz CT molecular complexity index is 583. The zero-order valence-electron chi connectivity index (χ0n) is 11.5. The van der Waals surface area contributed by atoms with E-state index >= 15 is 0 Å². The van der Waals surface area contributed by atoms with E-state index in [2.05, 4.69) is 18.2 Å². The fourth-order valence-electron chi connectivity index (χ4n) is 2.47. The Hall–Kier alpha value is -1.80. The zero-order valence-corrected chi connectivity index (χ0v) is 12.3. The van der Waals surface area contributed by atoms with E-state index in [0.29, 0.717) is 22.9 Å². The molecule has 0 saturated heterocycles. The van der Waals surface area contributed by atoms with Gasteiger partial charge in [-0.3, -0.25) is 9.59 Å². The molecule has 4 nitrogen and oxygen atoms in total. The number of carbonyl (C=O) groups is 2. The van der Waals surface area contributed by atoms with Crippen molar-refractivity contribution < 1.29 is 9.59 Å². The second-order valence-electron chi connectivity index (χ2n) is 5.17. The minimum atomic E-state index is -0.468. The molecule has 5 heteroatoms. The molecule has 1 atom stereocenters. The first-order valence-electron chi connectivity index (χ1n) is 6.70. The summed E-state index contributed by atoms with van der Waals surface area (Å²) < 4.78 is 0. The summed E-state index contributed by atoms with van der Waals surface area (Å²) in [5.74, 6) is 2.39. The highest BCUT2D eigenvalue weighted by atomic mass is 32.1. The molecule has 0 radical (unpaired) electrons. The van der Waals surface area contributed by atoms with Crippen LogP contribution in [0.4, 0.5) is 5.00 Å². The van der Waals surface area contributed by atoms with Crippen molar-refractivity contribution in [3.8, 4) is 12.3 Å².